The van der Waals surface area contributed by atoms with E-state index in [1.165, 1.54) is 44.9 Å². The van der Waals surface area contributed by atoms with Crippen LogP contribution in [0.25, 0.3) is 0 Å². The van der Waals surface area contributed by atoms with Crippen LogP contribution in [0.4, 0.5) is 0 Å². The van der Waals surface area contributed by atoms with Crippen molar-refractivity contribution in [3.63, 3.8) is 0 Å². The second kappa shape index (κ2) is 11.5. The summed E-state index contributed by atoms with van der Waals surface area (Å²) in [6.45, 7) is 6.63. The average Bonchev–Trinajstić information content (AvgIpc) is 3.16. The van der Waals surface area contributed by atoms with Crippen molar-refractivity contribution in [2.75, 3.05) is 0 Å². The van der Waals surface area contributed by atoms with Gasteiger partial charge in [-0.3, -0.25) is 4.68 Å². The van der Waals surface area contributed by atoms with E-state index in [-0.39, 0.29) is 11.5 Å². The highest BCUT2D eigenvalue weighted by atomic mass is 32.2. The molecular weight excluding hydrogens is 418 g/mol. The third kappa shape index (κ3) is 7.45. The first kappa shape index (κ1) is 25.0. The molecule has 178 valence electrons. The van der Waals surface area contributed by atoms with E-state index in [4.69, 9.17) is 5.10 Å². The average molecular weight is 460 g/mol. The van der Waals surface area contributed by atoms with Gasteiger partial charge in [-0.05, 0) is 18.4 Å². The second-order valence-corrected chi connectivity index (χ2v) is 12.0. The van der Waals surface area contributed by atoms with Crippen molar-refractivity contribution in [2.24, 2.45) is 0 Å². The van der Waals surface area contributed by atoms with Gasteiger partial charge in [-0.25, -0.2) is 13.1 Å². The van der Waals surface area contributed by atoms with Gasteiger partial charge in [-0.15, -0.1) is 0 Å². The zero-order valence-electron chi connectivity index (χ0n) is 20.1. The Bertz CT molecular complexity index is 918. The summed E-state index contributed by atoms with van der Waals surface area (Å²) in [5.41, 5.74) is 1.37. The van der Waals surface area contributed by atoms with Crippen LogP contribution in [0.15, 0.2) is 41.4 Å². The van der Waals surface area contributed by atoms with Gasteiger partial charge in [0.25, 0.3) is 0 Å². The van der Waals surface area contributed by atoms with Gasteiger partial charge in [-0.1, -0.05) is 109 Å². The Morgan fingerprint density at radius 2 is 1.44 bits per heavy atom. The largest absolute Gasteiger partial charge is 0.267 e. The molecule has 32 heavy (non-hydrogen) atoms. The lowest BCUT2D eigenvalue weighted by atomic mass is 9.92. The summed E-state index contributed by atoms with van der Waals surface area (Å²) in [4.78, 5) is 0.326. The molecule has 1 fully saturated rings. The summed E-state index contributed by atoms with van der Waals surface area (Å²) in [7, 11) is -3.64. The van der Waals surface area contributed by atoms with Crippen LogP contribution in [0.2, 0.25) is 0 Å². The van der Waals surface area contributed by atoms with E-state index in [0.717, 1.165) is 31.2 Å². The van der Waals surface area contributed by atoms with Crippen LogP contribution < -0.4 is 4.72 Å². The molecule has 3 rings (SSSR count). The topological polar surface area (TPSA) is 64.0 Å². The molecular formula is C26H41N3O2S. The first-order valence-electron chi connectivity index (χ1n) is 12.4. The molecule has 1 N–H and O–H groups in total. The van der Waals surface area contributed by atoms with Crippen LogP contribution in [0.1, 0.15) is 103 Å². The molecule has 0 aliphatic heterocycles. The first-order chi connectivity index (χ1) is 15.3. The maximum absolute atomic E-state index is 13.5. The molecule has 5 nitrogen and oxygen atoms in total. The molecule has 6 heteroatoms. The van der Waals surface area contributed by atoms with Gasteiger partial charge >= 0.3 is 0 Å². The van der Waals surface area contributed by atoms with E-state index < -0.39 is 10.0 Å². The Morgan fingerprint density at radius 3 is 1.97 bits per heavy atom. The highest BCUT2D eigenvalue weighted by Gasteiger charge is 2.31. The highest BCUT2D eigenvalue weighted by Crippen LogP contribution is 2.29. The van der Waals surface area contributed by atoms with Gasteiger partial charge in [0.15, 0.2) is 0 Å². The minimum absolute atomic E-state index is 0.00437. The summed E-state index contributed by atoms with van der Waals surface area (Å²) in [5, 5.41) is 4.72. The molecule has 1 saturated carbocycles. The van der Waals surface area contributed by atoms with Crippen molar-refractivity contribution >= 4 is 10.0 Å². The monoisotopic (exact) mass is 459 g/mol. The van der Waals surface area contributed by atoms with Gasteiger partial charge < -0.3 is 0 Å². The van der Waals surface area contributed by atoms with Gasteiger partial charge in [0.1, 0.15) is 4.90 Å². The Balaban J connectivity index is 1.80. The zero-order valence-corrected chi connectivity index (χ0v) is 21.0. The molecule has 0 spiro atoms. The first-order valence-corrected chi connectivity index (χ1v) is 13.9. The van der Waals surface area contributed by atoms with Crippen LogP contribution >= 0.6 is 0 Å². The Kier molecular flexibility index (Phi) is 8.95. The van der Waals surface area contributed by atoms with E-state index in [9.17, 15) is 8.42 Å². The number of benzene rings is 1. The van der Waals surface area contributed by atoms with Crippen molar-refractivity contribution < 1.29 is 8.42 Å². The van der Waals surface area contributed by atoms with E-state index >= 15 is 0 Å². The minimum atomic E-state index is -3.64. The quantitative estimate of drug-likeness (QED) is 0.580. The second-order valence-electron chi connectivity index (χ2n) is 10.4. The Hall–Kier alpha value is -1.66. The van der Waals surface area contributed by atoms with Crippen LogP contribution in [-0.2, 0) is 22.0 Å². The SMILES string of the molecule is CC(C)(C)c1nn(Cc2ccccc2)cc1S(=O)(=O)NC1CCCCCCCCCCC1. The van der Waals surface area contributed by atoms with Gasteiger partial charge in [0, 0.05) is 17.7 Å². The number of nitrogens with one attached hydrogen (secondary N) is 1. The van der Waals surface area contributed by atoms with Crippen LogP contribution in [0.3, 0.4) is 0 Å². The molecule has 1 aromatic carbocycles. The van der Waals surface area contributed by atoms with Crippen molar-refractivity contribution in [1.82, 2.24) is 14.5 Å². The molecule has 1 aliphatic rings. The van der Waals surface area contributed by atoms with Crippen LogP contribution in [0, 0.1) is 0 Å². The predicted molar refractivity (Wildman–Crippen MR) is 131 cm³/mol. The molecule has 0 unspecified atom stereocenters. The van der Waals surface area contributed by atoms with E-state index in [2.05, 4.69) is 4.72 Å². The third-order valence-electron chi connectivity index (χ3n) is 6.34. The molecule has 2 aromatic rings. The molecule has 1 heterocycles. The van der Waals surface area contributed by atoms with Crippen molar-refractivity contribution in [3.05, 3.63) is 47.8 Å². The number of aromatic nitrogens is 2. The zero-order chi connectivity index (χ0) is 23.0. The minimum Gasteiger partial charge on any atom is -0.267 e. The maximum atomic E-state index is 13.5. The van der Waals surface area contributed by atoms with Crippen molar-refractivity contribution in [1.29, 1.82) is 0 Å². The van der Waals surface area contributed by atoms with Crippen molar-refractivity contribution in [2.45, 2.75) is 114 Å². The fraction of sp³-hybridized carbons (Fsp3) is 0.654. The lowest BCUT2D eigenvalue weighted by Crippen LogP contribution is -2.36. The molecule has 1 aliphatic carbocycles. The lowest BCUT2D eigenvalue weighted by molar-refractivity contribution is 0.439. The number of sulfonamides is 1. The summed E-state index contributed by atoms with van der Waals surface area (Å²) in [6, 6.07) is 10.0. The summed E-state index contributed by atoms with van der Waals surface area (Å²) in [5.74, 6) is 0. The highest BCUT2D eigenvalue weighted by molar-refractivity contribution is 7.89. The fourth-order valence-electron chi connectivity index (χ4n) is 4.53. The lowest BCUT2D eigenvalue weighted by Gasteiger charge is -2.21. The molecule has 1 aromatic heterocycles. The molecule has 0 saturated heterocycles. The van der Waals surface area contributed by atoms with Crippen LogP contribution in [-0.4, -0.2) is 24.2 Å². The van der Waals surface area contributed by atoms with Gasteiger partial charge in [0.2, 0.25) is 10.0 Å². The number of hydrogen-bond donors (Lipinski definition) is 1. The van der Waals surface area contributed by atoms with Crippen LogP contribution in [0.5, 0.6) is 0 Å². The van der Waals surface area contributed by atoms with Crippen molar-refractivity contribution in [3.8, 4) is 0 Å². The Labute approximate surface area is 195 Å². The van der Waals surface area contributed by atoms with Gasteiger partial charge in [0.05, 0.1) is 12.2 Å². The summed E-state index contributed by atoms with van der Waals surface area (Å²) in [6.07, 6.45) is 14.6. The summed E-state index contributed by atoms with van der Waals surface area (Å²) >= 11 is 0. The smallest absolute Gasteiger partial charge is 0.244 e. The maximum Gasteiger partial charge on any atom is 0.244 e. The van der Waals surface area contributed by atoms with E-state index in [1.807, 2.05) is 51.1 Å². The number of hydrogen-bond acceptors (Lipinski definition) is 3. The normalized spacial score (nSPS) is 18.1. The van der Waals surface area contributed by atoms with E-state index in [0.29, 0.717) is 17.1 Å². The number of rotatable bonds is 5. The third-order valence-corrected chi connectivity index (χ3v) is 7.86. The molecule has 0 bridgehead atoms. The standard InChI is InChI=1S/C26H41N3O2S/c1-26(2,3)25-24(21-29(27-25)20-22-16-12-11-13-17-22)32(30,31)28-23-18-14-9-7-5-4-6-8-10-15-19-23/h11-13,16-17,21,23,28H,4-10,14-15,18-20H2,1-3H3. The fourth-order valence-corrected chi connectivity index (χ4v) is 6.20. The summed E-state index contributed by atoms with van der Waals surface area (Å²) < 4.78 is 31.9. The molecule has 0 radical (unpaired) electrons. The molecule has 0 amide bonds. The Morgan fingerprint density at radius 1 is 0.906 bits per heavy atom. The van der Waals surface area contributed by atoms with Gasteiger partial charge in [-0.2, -0.15) is 5.10 Å². The van der Waals surface area contributed by atoms with E-state index in [1.54, 1.807) is 10.9 Å². The molecule has 0 atom stereocenters. The number of nitrogens with zero attached hydrogens (tertiary/aromatic N) is 2. The predicted octanol–water partition coefficient (Wildman–Crippen LogP) is 6.18.